The Morgan fingerprint density at radius 3 is 1.33 bits per heavy atom. The largest absolute Gasteiger partial charge is 0.412 e. The molecule has 148 valence electrons. The van der Waals surface area contributed by atoms with Gasteiger partial charge in [-0.25, -0.2) is 0 Å². The van der Waals surface area contributed by atoms with Crippen molar-refractivity contribution >= 4 is 27.0 Å². The van der Waals surface area contributed by atoms with E-state index in [1.807, 2.05) is 0 Å². The number of rotatable bonds is 8. The summed E-state index contributed by atoms with van der Waals surface area (Å²) in [5.74, 6) is 0. The van der Waals surface area contributed by atoms with E-state index < -0.39 is 16.6 Å². The molecule has 0 unspecified atom stereocenters. The van der Waals surface area contributed by atoms with E-state index in [1.165, 1.54) is 21.5 Å². The third-order valence-corrected chi connectivity index (χ3v) is 10.7. The van der Waals surface area contributed by atoms with Crippen LogP contribution in [-0.4, -0.2) is 29.8 Å². The van der Waals surface area contributed by atoms with Crippen LogP contribution >= 0.6 is 0 Å². The van der Waals surface area contributed by atoms with Crippen LogP contribution in [0.2, 0.25) is 26.2 Å². The van der Waals surface area contributed by atoms with E-state index in [4.69, 9.17) is 8.85 Å². The molecule has 0 radical (unpaired) electrons. The number of hydrogen-bond acceptors (Lipinski definition) is 2. The Morgan fingerprint density at radius 2 is 1.00 bits per heavy atom. The van der Waals surface area contributed by atoms with Gasteiger partial charge in [-0.1, -0.05) is 62.4 Å². The maximum atomic E-state index is 6.53. The van der Waals surface area contributed by atoms with Crippen molar-refractivity contribution in [2.75, 3.05) is 13.2 Å². The van der Waals surface area contributed by atoms with Crippen molar-refractivity contribution in [3.05, 3.63) is 59.7 Å². The fraction of sp³-hybridized carbons (Fsp3) is 0.478. The minimum Gasteiger partial charge on any atom is -0.412 e. The van der Waals surface area contributed by atoms with E-state index in [0.29, 0.717) is 0 Å². The first kappa shape index (κ1) is 22.1. The van der Waals surface area contributed by atoms with Gasteiger partial charge in [-0.05, 0) is 61.5 Å². The van der Waals surface area contributed by atoms with Gasteiger partial charge < -0.3 is 8.85 Å². The lowest BCUT2D eigenvalue weighted by atomic mass is 9.97. The van der Waals surface area contributed by atoms with Crippen molar-refractivity contribution in [3.63, 3.8) is 0 Å². The molecule has 0 N–H and O–H groups in total. The SMILES string of the molecule is Cc1ccccc1[Si](C)(C)OCC(C)(C)CO[Si](C)(C)c1ccccc1C. The third-order valence-electron chi connectivity index (χ3n) is 5.23. The molecule has 2 nitrogen and oxygen atoms in total. The summed E-state index contributed by atoms with van der Waals surface area (Å²) >= 11 is 0. The van der Waals surface area contributed by atoms with E-state index >= 15 is 0 Å². The minimum atomic E-state index is -1.93. The first-order valence-electron chi connectivity index (χ1n) is 9.85. The zero-order valence-electron chi connectivity index (χ0n) is 18.3. The molecule has 2 rings (SSSR count). The summed E-state index contributed by atoms with van der Waals surface area (Å²) in [6.45, 7) is 19.5. The van der Waals surface area contributed by atoms with Gasteiger partial charge in [0.15, 0.2) is 0 Å². The van der Waals surface area contributed by atoms with Crippen molar-refractivity contribution in [1.29, 1.82) is 0 Å². The molecule has 0 amide bonds. The molecule has 0 fully saturated rings. The van der Waals surface area contributed by atoms with Crippen molar-refractivity contribution in [3.8, 4) is 0 Å². The van der Waals surface area contributed by atoms with Crippen LogP contribution in [0.5, 0.6) is 0 Å². The van der Waals surface area contributed by atoms with Gasteiger partial charge >= 0.3 is 0 Å². The van der Waals surface area contributed by atoms with Gasteiger partial charge in [0.05, 0.1) is 0 Å². The molecule has 0 aliphatic rings. The van der Waals surface area contributed by atoms with Gasteiger partial charge in [-0.3, -0.25) is 0 Å². The van der Waals surface area contributed by atoms with Crippen LogP contribution < -0.4 is 10.4 Å². The molecule has 0 heterocycles. The monoisotopic (exact) mass is 400 g/mol. The van der Waals surface area contributed by atoms with Crippen molar-refractivity contribution in [2.45, 2.75) is 53.9 Å². The summed E-state index contributed by atoms with van der Waals surface area (Å²) < 4.78 is 13.1. The molecule has 0 aliphatic heterocycles. The molecule has 0 saturated carbocycles. The summed E-state index contributed by atoms with van der Waals surface area (Å²) in [4.78, 5) is 0. The van der Waals surface area contributed by atoms with Gasteiger partial charge in [-0.15, -0.1) is 0 Å². The summed E-state index contributed by atoms with van der Waals surface area (Å²) in [5, 5.41) is 2.77. The Kier molecular flexibility index (Phi) is 6.90. The summed E-state index contributed by atoms with van der Waals surface area (Å²) in [5.41, 5.74) is 2.65. The summed E-state index contributed by atoms with van der Waals surface area (Å²) in [6, 6.07) is 17.2. The number of aryl methyl sites for hydroxylation is 2. The Balaban J connectivity index is 2.00. The van der Waals surface area contributed by atoms with Crippen LogP contribution in [0.4, 0.5) is 0 Å². The average molecular weight is 401 g/mol. The summed E-state index contributed by atoms with van der Waals surface area (Å²) in [6.07, 6.45) is 0. The predicted octanol–water partition coefficient (Wildman–Crippen LogP) is 4.89. The quantitative estimate of drug-likeness (QED) is 0.588. The van der Waals surface area contributed by atoms with Crippen LogP contribution in [0.15, 0.2) is 48.5 Å². The van der Waals surface area contributed by atoms with Crippen LogP contribution in [0, 0.1) is 19.3 Å². The van der Waals surface area contributed by atoms with Crippen molar-refractivity contribution in [2.24, 2.45) is 5.41 Å². The standard InChI is InChI=1S/C23H36O2Si2/c1-19-13-9-11-15-21(19)26(5,6)24-17-23(3,4)18-25-27(7,8)22-16-12-10-14-20(22)2/h9-16H,17-18H2,1-8H3. The topological polar surface area (TPSA) is 18.5 Å². The Labute approximate surface area is 168 Å². The molecule has 0 saturated heterocycles. The first-order valence-corrected chi connectivity index (χ1v) is 15.7. The zero-order valence-corrected chi connectivity index (χ0v) is 20.3. The fourth-order valence-corrected chi connectivity index (χ4v) is 8.32. The van der Waals surface area contributed by atoms with Gasteiger partial charge in [0, 0.05) is 18.6 Å². The summed E-state index contributed by atoms with van der Waals surface area (Å²) in [7, 11) is -3.85. The second-order valence-corrected chi connectivity index (χ2v) is 17.1. The lowest BCUT2D eigenvalue weighted by Crippen LogP contribution is -2.50. The maximum Gasteiger partial charge on any atom is 0.218 e. The second-order valence-electron chi connectivity index (χ2n) is 9.39. The number of hydrogen-bond donors (Lipinski definition) is 0. The highest BCUT2D eigenvalue weighted by Gasteiger charge is 2.33. The number of benzene rings is 2. The Morgan fingerprint density at radius 1 is 0.667 bits per heavy atom. The highest BCUT2D eigenvalue weighted by molar-refractivity contribution is 6.85. The highest BCUT2D eigenvalue weighted by atomic mass is 28.4. The third kappa shape index (κ3) is 5.88. The second kappa shape index (κ2) is 8.43. The van der Waals surface area contributed by atoms with E-state index in [-0.39, 0.29) is 5.41 Å². The molecule has 0 spiro atoms. The average Bonchev–Trinajstić information content (AvgIpc) is 2.59. The predicted molar refractivity (Wildman–Crippen MR) is 122 cm³/mol. The molecule has 0 atom stereocenters. The van der Waals surface area contributed by atoms with Gasteiger partial charge in [0.2, 0.25) is 16.6 Å². The smallest absolute Gasteiger partial charge is 0.218 e. The van der Waals surface area contributed by atoms with Crippen LogP contribution in [0.1, 0.15) is 25.0 Å². The van der Waals surface area contributed by atoms with E-state index in [2.05, 4.69) is 102 Å². The minimum absolute atomic E-state index is 0.0140. The normalized spacial score (nSPS) is 13.0. The lowest BCUT2D eigenvalue weighted by Gasteiger charge is -2.34. The van der Waals surface area contributed by atoms with Crippen LogP contribution in [0.3, 0.4) is 0 Å². The van der Waals surface area contributed by atoms with Gasteiger partial charge in [0.1, 0.15) is 0 Å². The first-order chi connectivity index (χ1) is 12.4. The van der Waals surface area contributed by atoms with Crippen LogP contribution in [-0.2, 0) is 8.85 Å². The Bertz CT molecular complexity index is 703. The van der Waals surface area contributed by atoms with Gasteiger partial charge in [-0.2, -0.15) is 0 Å². The van der Waals surface area contributed by atoms with Crippen LogP contribution in [0.25, 0.3) is 0 Å². The van der Waals surface area contributed by atoms with E-state index in [0.717, 1.165) is 13.2 Å². The van der Waals surface area contributed by atoms with Crippen molar-refractivity contribution < 1.29 is 8.85 Å². The Hall–Kier alpha value is -1.21. The fourth-order valence-electron chi connectivity index (χ4n) is 3.45. The molecule has 4 heteroatoms. The molecular formula is C23H36O2Si2. The molecule has 0 bridgehead atoms. The molecule has 2 aromatic rings. The molecule has 0 aromatic heterocycles. The van der Waals surface area contributed by atoms with E-state index in [9.17, 15) is 0 Å². The highest BCUT2D eigenvalue weighted by Crippen LogP contribution is 2.22. The molecule has 27 heavy (non-hydrogen) atoms. The van der Waals surface area contributed by atoms with E-state index in [1.54, 1.807) is 0 Å². The molecular weight excluding hydrogens is 364 g/mol. The van der Waals surface area contributed by atoms with Gasteiger partial charge in [0.25, 0.3) is 0 Å². The lowest BCUT2D eigenvalue weighted by molar-refractivity contribution is 0.105. The maximum absolute atomic E-state index is 6.53. The molecule has 0 aliphatic carbocycles. The molecule has 2 aromatic carbocycles. The van der Waals surface area contributed by atoms with Crippen molar-refractivity contribution in [1.82, 2.24) is 0 Å². The zero-order chi connectivity index (χ0) is 20.3.